The molecule has 4 saturated carbocycles. The van der Waals surface area contributed by atoms with Gasteiger partial charge in [-0.15, -0.1) is 0 Å². The van der Waals surface area contributed by atoms with Crippen molar-refractivity contribution < 1.29 is 20.1 Å². The van der Waals surface area contributed by atoms with E-state index in [0.29, 0.717) is 12.8 Å². The molecule has 4 heteroatoms. The van der Waals surface area contributed by atoms with Gasteiger partial charge in [0.25, 0.3) is 0 Å². The zero-order valence-electron chi connectivity index (χ0n) is 15.0. The molecule has 8 atom stereocenters. The third-order valence-electron chi connectivity index (χ3n) is 8.43. The number of Topliss-reactive ketones (excluding diaryl/α,β-unsaturated/α-hetero) is 1. The standard InChI is InChI=1S/C20H30O4/c1-10-9-20-12(6-5-11(10)16(20)23)19(4)13(21)7-8-18(2,3)15(19)14(22)17(20)24/h11-16,21-23H,1,5-9H2,2-4H3/t11-,12-,13-,14?,15+,16+,19-,20+/m0/s1. The van der Waals surface area contributed by atoms with Gasteiger partial charge in [0, 0.05) is 17.3 Å². The molecule has 0 aliphatic heterocycles. The Labute approximate surface area is 144 Å². The van der Waals surface area contributed by atoms with Crippen molar-refractivity contribution in [3.63, 3.8) is 0 Å². The highest BCUT2D eigenvalue weighted by atomic mass is 16.3. The van der Waals surface area contributed by atoms with Gasteiger partial charge < -0.3 is 15.3 Å². The van der Waals surface area contributed by atoms with Crippen molar-refractivity contribution in [3.8, 4) is 0 Å². The Bertz CT molecular complexity index is 611. The minimum Gasteiger partial charge on any atom is -0.393 e. The zero-order valence-corrected chi connectivity index (χ0v) is 15.0. The fourth-order valence-corrected chi connectivity index (χ4v) is 7.43. The van der Waals surface area contributed by atoms with Crippen LogP contribution in [0.5, 0.6) is 0 Å². The first-order chi connectivity index (χ1) is 11.1. The maximum absolute atomic E-state index is 13.4. The first kappa shape index (κ1) is 16.7. The van der Waals surface area contributed by atoms with Crippen LogP contribution in [0, 0.1) is 34.0 Å². The lowest BCUT2D eigenvalue weighted by atomic mass is 9.39. The second kappa shape index (κ2) is 4.72. The van der Waals surface area contributed by atoms with E-state index in [0.717, 1.165) is 24.8 Å². The van der Waals surface area contributed by atoms with Crippen LogP contribution in [0.1, 0.15) is 52.9 Å². The van der Waals surface area contributed by atoms with Crippen LogP contribution in [0.4, 0.5) is 0 Å². The van der Waals surface area contributed by atoms with E-state index in [2.05, 4.69) is 27.4 Å². The molecule has 0 aromatic rings. The van der Waals surface area contributed by atoms with Gasteiger partial charge in [-0.2, -0.15) is 0 Å². The van der Waals surface area contributed by atoms with Gasteiger partial charge >= 0.3 is 0 Å². The van der Waals surface area contributed by atoms with E-state index in [4.69, 9.17) is 0 Å². The fourth-order valence-electron chi connectivity index (χ4n) is 7.43. The molecule has 2 bridgehead atoms. The summed E-state index contributed by atoms with van der Waals surface area (Å²) in [5.41, 5.74) is -0.760. The molecule has 1 spiro atoms. The molecular weight excluding hydrogens is 304 g/mol. The van der Waals surface area contributed by atoms with E-state index < -0.39 is 29.1 Å². The summed E-state index contributed by atoms with van der Waals surface area (Å²) < 4.78 is 0. The van der Waals surface area contributed by atoms with Gasteiger partial charge in [-0.25, -0.2) is 0 Å². The monoisotopic (exact) mass is 334 g/mol. The van der Waals surface area contributed by atoms with Gasteiger partial charge in [0.1, 0.15) is 6.10 Å². The maximum atomic E-state index is 13.4. The van der Waals surface area contributed by atoms with Crippen molar-refractivity contribution >= 4 is 5.78 Å². The first-order valence-corrected chi connectivity index (χ1v) is 9.34. The van der Waals surface area contributed by atoms with Gasteiger partial charge in [-0.1, -0.05) is 32.9 Å². The second-order valence-corrected chi connectivity index (χ2v) is 9.75. The smallest absolute Gasteiger partial charge is 0.170 e. The molecule has 4 aliphatic rings. The second-order valence-electron chi connectivity index (χ2n) is 9.75. The summed E-state index contributed by atoms with van der Waals surface area (Å²) in [5.74, 6) is -0.597. The minimum atomic E-state index is -1.12. The summed E-state index contributed by atoms with van der Waals surface area (Å²) >= 11 is 0. The Morgan fingerprint density at radius 3 is 2.42 bits per heavy atom. The van der Waals surface area contributed by atoms with Gasteiger partial charge in [0.05, 0.1) is 17.6 Å². The van der Waals surface area contributed by atoms with Gasteiger partial charge in [-0.3, -0.25) is 4.79 Å². The summed E-state index contributed by atoms with van der Waals surface area (Å²) in [5, 5.41) is 33.0. The molecule has 0 amide bonds. The van der Waals surface area contributed by atoms with Gasteiger partial charge in [0.15, 0.2) is 5.78 Å². The summed E-state index contributed by atoms with van der Waals surface area (Å²) in [6.07, 6.45) is 1.18. The lowest BCUT2D eigenvalue weighted by Gasteiger charge is -2.66. The number of aliphatic hydroxyl groups is 3. The minimum absolute atomic E-state index is 0.0358. The molecule has 0 heterocycles. The number of fused-ring (bicyclic) bond motifs is 3. The fraction of sp³-hybridized carbons (Fsp3) is 0.850. The highest BCUT2D eigenvalue weighted by Crippen LogP contribution is 2.70. The summed E-state index contributed by atoms with van der Waals surface area (Å²) in [6, 6.07) is 0. The maximum Gasteiger partial charge on any atom is 0.170 e. The van der Waals surface area contributed by atoms with E-state index in [-0.39, 0.29) is 29.0 Å². The van der Waals surface area contributed by atoms with Crippen molar-refractivity contribution in [1.82, 2.24) is 0 Å². The Hall–Kier alpha value is -0.710. The third-order valence-corrected chi connectivity index (χ3v) is 8.43. The summed E-state index contributed by atoms with van der Waals surface area (Å²) in [6.45, 7) is 10.4. The zero-order chi connectivity index (χ0) is 17.7. The van der Waals surface area contributed by atoms with E-state index in [1.165, 1.54) is 0 Å². The normalized spacial score (nSPS) is 55.9. The van der Waals surface area contributed by atoms with E-state index in [1.54, 1.807) is 0 Å². The average Bonchev–Trinajstić information content (AvgIpc) is 2.65. The third kappa shape index (κ3) is 1.63. The van der Waals surface area contributed by atoms with Gasteiger partial charge in [-0.05, 0) is 43.4 Å². The van der Waals surface area contributed by atoms with E-state index in [1.807, 2.05) is 0 Å². The molecule has 0 aromatic carbocycles. The van der Waals surface area contributed by atoms with Crippen LogP contribution in [-0.2, 0) is 4.79 Å². The Kier molecular flexibility index (Phi) is 3.29. The average molecular weight is 334 g/mol. The molecule has 24 heavy (non-hydrogen) atoms. The number of aliphatic hydroxyl groups excluding tert-OH is 3. The lowest BCUT2D eigenvalue weighted by molar-refractivity contribution is -0.241. The molecule has 4 fully saturated rings. The molecule has 3 N–H and O–H groups in total. The number of hydrogen-bond donors (Lipinski definition) is 3. The first-order valence-electron chi connectivity index (χ1n) is 9.34. The van der Waals surface area contributed by atoms with Crippen LogP contribution in [0.2, 0.25) is 0 Å². The Morgan fingerprint density at radius 2 is 1.75 bits per heavy atom. The van der Waals surface area contributed by atoms with Crippen molar-refractivity contribution in [2.75, 3.05) is 0 Å². The van der Waals surface area contributed by atoms with Crippen molar-refractivity contribution in [2.24, 2.45) is 34.0 Å². The number of ketones is 1. The predicted molar refractivity (Wildman–Crippen MR) is 90.0 cm³/mol. The largest absolute Gasteiger partial charge is 0.393 e. The topological polar surface area (TPSA) is 77.8 Å². The molecule has 4 nitrogen and oxygen atoms in total. The lowest BCUT2D eigenvalue weighted by Crippen LogP contribution is -2.71. The Balaban J connectivity index is 1.92. The molecule has 4 rings (SSSR count). The number of hydrogen-bond acceptors (Lipinski definition) is 4. The number of carbonyl (C=O) groups is 1. The van der Waals surface area contributed by atoms with Crippen molar-refractivity contribution in [2.45, 2.75) is 71.2 Å². The Morgan fingerprint density at radius 1 is 1.08 bits per heavy atom. The van der Waals surface area contributed by atoms with Crippen LogP contribution in [0.15, 0.2) is 12.2 Å². The summed E-state index contributed by atoms with van der Waals surface area (Å²) in [4.78, 5) is 13.4. The van der Waals surface area contributed by atoms with Crippen LogP contribution < -0.4 is 0 Å². The highest BCUT2D eigenvalue weighted by Gasteiger charge is 2.74. The quantitative estimate of drug-likeness (QED) is 0.593. The van der Waals surface area contributed by atoms with Crippen molar-refractivity contribution in [1.29, 1.82) is 0 Å². The number of rotatable bonds is 0. The molecule has 0 aromatic heterocycles. The molecule has 4 aliphatic carbocycles. The molecule has 0 saturated heterocycles. The van der Waals surface area contributed by atoms with Crippen LogP contribution in [-0.4, -0.2) is 39.4 Å². The van der Waals surface area contributed by atoms with Crippen LogP contribution in [0.25, 0.3) is 0 Å². The van der Waals surface area contributed by atoms with E-state index in [9.17, 15) is 20.1 Å². The van der Waals surface area contributed by atoms with Gasteiger partial charge in [0.2, 0.25) is 0 Å². The highest BCUT2D eigenvalue weighted by molar-refractivity contribution is 5.92. The van der Waals surface area contributed by atoms with Crippen LogP contribution >= 0.6 is 0 Å². The predicted octanol–water partition coefficient (Wildman–Crippen LogP) is 2.07. The SMILES string of the molecule is C=C1C[C@@]23C(=O)C(O)[C@@H]4C(C)(C)CC[C@H](O)[C@]4(C)[C@@H]2CC[C@@H]1[C@H]3O. The molecular formula is C20H30O4. The molecule has 134 valence electrons. The van der Waals surface area contributed by atoms with Crippen molar-refractivity contribution in [3.05, 3.63) is 12.2 Å². The molecule has 0 radical (unpaired) electrons. The summed E-state index contributed by atoms with van der Waals surface area (Å²) in [7, 11) is 0. The van der Waals surface area contributed by atoms with Crippen LogP contribution in [0.3, 0.4) is 0 Å². The number of carbonyl (C=O) groups excluding carboxylic acids is 1. The van der Waals surface area contributed by atoms with E-state index >= 15 is 0 Å². The molecule has 1 unspecified atom stereocenters.